The summed E-state index contributed by atoms with van der Waals surface area (Å²) in [6.45, 7) is 0.875. The summed E-state index contributed by atoms with van der Waals surface area (Å²) in [6.07, 6.45) is 6.09. The maximum atomic E-state index is 9.65. The third-order valence-corrected chi connectivity index (χ3v) is 3.25. The zero-order valence-electron chi connectivity index (χ0n) is 10.5. The summed E-state index contributed by atoms with van der Waals surface area (Å²) < 4.78 is 0.911. The lowest BCUT2D eigenvalue weighted by Crippen LogP contribution is -2.17. The molecule has 0 aliphatic carbocycles. The van der Waals surface area contributed by atoms with Gasteiger partial charge >= 0.3 is 0 Å². The lowest BCUT2D eigenvalue weighted by molar-refractivity contribution is 0.474. The van der Waals surface area contributed by atoms with E-state index >= 15 is 0 Å². The number of aliphatic imine (C=N–C) groups is 1. The van der Waals surface area contributed by atoms with Gasteiger partial charge < -0.3 is 5.11 Å². The second-order valence-corrected chi connectivity index (χ2v) is 5.13. The van der Waals surface area contributed by atoms with Crippen LogP contribution in [0.1, 0.15) is 31.2 Å². The molecule has 1 aromatic carbocycles. The molecule has 0 aromatic heterocycles. The zero-order valence-corrected chi connectivity index (χ0v) is 12.9. The molecular weight excluding hydrogens is 330 g/mol. The van der Waals surface area contributed by atoms with Crippen LogP contribution in [0.15, 0.2) is 32.8 Å². The molecule has 6 heteroatoms. The highest BCUT2D eigenvalue weighted by molar-refractivity contribution is 9.10. The number of amidine groups is 1. The van der Waals surface area contributed by atoms with Crippen molar-refractivity contribution >= 4 is 40.4 Å². The van der Waals surface area contributed by atoms with Gasteiger partial charge in [-0.1, -0.05) is 22.4 Å². The molecule has 4 nitrogen and oxygen atoms in total. The molecule has 0 fully saturated rings. The largest absolute Gasteiger partial charge is 0.507 e. The number of nitrogens with zero attached hydrogens (tertiary/aromatic N) is 2. The average molecular weight is 347 g/mol. The van der Waals surface area contributed by atoms with E-state index in [0.29, 0.717) is 5.56 Å². The lowest BCUT2D eigenvalue weighted by Gasteiger charge is -2.03. The van der Waals surface area contributed by atoms with Crippen LogP contribution in [-0.2, 0) is 0 Å². The van der Waals surface area contributed by atoms with Crippen LogP contribution in [0.4, 0.5) is 0 Å². The maximum Gasteiger partial charge on any atom is 0.124 e. The van der Waals surface area contributed by atoms with Crippen LogP contribution in [0.25, 0.3) is 0 Å². The fourth-order valence-corrected chi connectivity index (χ4v) is 2.15. The highest BCUT2D eigenvalue weighted by Crippen LogP contribution is 2.19. The van der Waals surface area contributed by atoms with Crippen LogP contribution in [0.5, 0.6) is 5.75 Å². The van der Waals surface area contributed by atoms with Gasteiger partial charge in [-0.15, -0.1) is 12.4 Å². The molecule has 0 saturated heterocycles. The Bertz CT molecular complexity index is 477. The standard InChI is InChI=1S/C13H16BrN3O.ClH/c14-11-5-6-12(18)10(8-11)9-16-17-13-4-2-1-3-7-15-13;/h5-6,8-9,18H,1-4,7H2,(H,15,17);1H/b16-9+;. The van der Waals surface area contributed by atoms with E-state index in [1.54, 1.807) is 18.3 Å². The summed E-state index contributed by atoms with van der Waals surface area (Å²) in [7, 11) is 0. The van der Waals surface area contributed by atoms with Gasteiger partial charge in [-0.2, -0.15) is 5.10 Å². The molecule has 19 heavy (non-hydrogen) atoms. The Labute approximate surface area is 127 Å². The monoisotopic (exact) mass is 345 g/mol. The summed E-state index contributed by atoms with van der Waals surface area (Å²) in [5, 5.41) is 13.8. The van der Waals surface area contributed by atoms with Gasteiger partial charge in [0.05, 0.1) is 6.21 Å². The average Bonchev–Trinajstić information content (AvgIpc) is 2.62. The molecule has 0 unspecified atom stereocenters. The van der Waals surface area contributed by atoms with E-state index in [1.807, 2.05) is 6.07 Å². The predicted octanol–water partition coefficient (Wildman–Crippen LogP) is 3.47. The smallest absolute Gasteiger partial charge is 0.124 e. The number of phenolic OH excluding ortho intramolecular Hbond substituents is 1. The van der Waals surface area contributed by atoms with Crippen molar-refractivity contribution in [2.45, 2.75) is 25.7 Å². The number of hydrogen-bond acceptors (Lipinski definition) is 4. The third-order valence-electron chi connectivity index (χ3n) is 2.76. The van der Waals surface area contributed by atoms with Gasteiger partial charge in [-0.3, -0.25) is 10.4 Å². The van der Waals surface area contributed by atoms with Crippen LogP contribution < -0.4 is 5.43 Å². The molecule has 2 rings (SSSR count). The normalized spacial score (nSPS) is 15.5. The van der Waals surface area contributed by atoms with E-state index < -0.39 is 0 Å². The van der Waals surface area contributed by atoms with Gasteiger partial charge in [0.15, 0.2) is 0 Å². The summed E-state index contributed by atoms with van der Waals surface area (Å²) in [4.78, 5) is 4.41. The number of aromatic hydroxyl groups is 1. The fourth-order valence-electron chi connectivity index (χ4n) is 1.77. The number of benzene rings is 1. The molecule has 1 aliphatic heterocycles. The van der Waals surface area contributed by atoms with E-state index in [-0.39, 0.29) is 18.2 Å². The molecule has 0 saturated carbocycles. The molecule has 1 aromatic rings. The van der Waals surface area contributed by atoms with Crippen LogP contribution in [0.3, 0.4) is 0 Å². The van der Waals surface area contributed by atoms with Gasteiger partial charge in [-0.05, 0) is 31.0 Å². The van der Waals surface area contributed by atoms with Gasteiger partial charge in [0.1, 0.15) is 11.6 Å². The van der Waals surface area contributed by atoms with Crippen molar-refractivity contribution < 1.29 is 5.11 Å². The predicted molar refractivity (Wildman–Crippen MR) is 84.6 cm³/mol. The van der Waals surface area contributed by atoms with Gasteiger partial charge in [0.25, 0.3) is 0 Å². The van der Waals surface area contributed by atoms with Gasteiger partial charge in [-0.25, -0.2) is 0 Å². The number of hydrazone groups is 1. The number of phenols is 1. The van der Waals surface area contributed by atoms with Crippen LogP contribution in [0, 0.1) is 0 Å². The van der Waals surface area contributed by atoms with Crippen molar-refractivity contribution in [3.05, 3.63) is 28.2 Å². The molecule has 2 N–H and O–H groups in total. The first kappa shape index (κ1) is 16.0. The SMILES string of the molecule is Cl.Oc1ccc(Br)cc1/C=N/NC1=NCCCCC1. The second-order valence-electron chi connectivity index (χ2n) is 4.21. The Morgan fingerprint density at radius 3 is 3.00 bits per heavy atom. The molecule has 0 spiro atoms. The summed E-state index contributed by atoms with van der Waals surface area (Å²) in [5.41, 5.74) is 3.62. The fraction of sp³-hybridized carbons (Fsp3) is 0.385. The van der Waals surface area contributed by atoms with E-state index in [4.69, 9.17) is 0 Å². The molecule has 1 aliphatic rings. The quantitative estimate of drug-likeness (QED) is 0.636. The van der Waals surface area contributed by atoms with E-state index in [0.717, 1.165) is 36.1 Å². The van der Waals surface area contributed by atoms with E-state index in [1.165, 1.54) is 6.42 Å². The van der Waals surface area contributed by atoms with Crippen molar-refractivity contribution in [1.82, 2.24) is 5.43 Å². The lowest BCUT2D eigenvalue weighted by atomic mass is 10.2. The van der Waals surface area contributed by atoms with Crippen molar-refractivity contribution in [3.63, 3.8) is 0 Å². The summed E-state index contributed by atoms with van der Waals surface area (Å²) in [5.74, 6) is 1.14. The van der Waals surface area contributed by atoms with Crippen LogP contribution in [0.2, 0.25) is 0 Å². The maximum absolute atomic E-state index is 9.65. The second kappa shape index (κ2) is 8.17. The zero-order chi connectivity index (χ0) is 12.8. The Morgan fingerprint density at radius 2 is 2.16 bits per heavy atom. The van der Waals surface area contributed by atoms with Crippen LogP contribution in [-0.4, -0.2) is 23.7 Å². The highest BCUT2D eigenvalue weighted by Gasteiger charge is 2.03. The minimum Gasteiger partial charge on any atom is -0.507 e. The first-order valence-corrected chi connectivity index (χ1v) is 6.86. The summed E-state index contributed by atoms with van der Waals surface area (Å²) in [6, 6.07) is 5.24. The molecule has 0 amide bonds. The number of halogens is 2. The Morgan fingerprint density at radius 1 is 1.32 bits per heavy atom. The Hall–Kier alpha value is -1.07. The van der Waals surface area contributed by atoms with Gasteiger partial charge in [0, 0.05) is 23.0 Å². The van der Waals surface area contributed by atoms with Crippen molar-refractivity contribution in [2.24, 2.45) is 10.1 Å². The van der Waals surface area contributed by atoms with E-state index in [2.05, 4.69) is 31.4 Å². The summed E-state index contributed by atoms with van der Waals surface area (Å²) >= 11 is 3.36. The number of rotatable bonds is 2. The topological polar surface area (TPSA) is 57.0 Å². The van der Waals surface area contributed by atoms with E-state index in [9.17, 15) is 5.11 Å². The first-order chi connectivity index (χ1) is 8.75. The van der Waals surface area contributed by atoms with Gasteiger partial charge in [0.2, 0.25) is 0 Å². The molecular formula is C13H17BrClN3O. The molecule has 104 valence electrons. The molecule has 1 heterocycles. The van der Waals surface area contributed by atoms with Crippen molar-refractivity contribution in [1.29, 1.82) is 0 Å². The molecule has 0 bridgehead atoms. The Balaban J connectivity index is 0.00000180. The van der Waals surface area contributed by atoms with Crippen molar-refractivity contribution in [3.8, 4) is 5.75 Å². The van der Waals surface area contributed by atoms with Crippen LogP contribution >= 0.6 is 28.3 Å². The number of nitrogens with one attached hydrogen (secondary N) is 1. The first-order valence-electron chi connectivity index (χ1n) is 6.06. The molecule has 0 radical (unpaired) electrons. The Kier molecular flexibility index (Phi) is 6.87. The number of hydrogen-bond donors (Lipinski definition) is 2. The van der Waals surface area contributed by atoms with Crippen molar-refractivity contribution in [2.75, 3.05) is 6.54 Å². The minimum absolute atomic E-state index is 0. The minimum atomic E-state index is 0. The highest BCUT2D eigenvalue weighted by atomic mass is 79.9. The third kappa shape index (κ3) is 5.20. The molecule has 0 atom stereocenters.